The van der Waals surface area contributed by atoms with Crippen molar-refractivity contribution in [2.45, 2.75) is 33.5 Å². The second-order valence-corrected chi connectivity index (χ2v) is 6.98. The quantitative estimate of drug-likeness (QED) is 0.488. The van der Waals surface area contributed by atoms with Gasteiger partial charge in [-0.25, -0.2) is 5.10 Å². The maximum absolute atomic E-state index is 9.75. The number of hydrogen-bond donors (Lipinski definition) is 2. The second-order valence-electron chi connectivity index (χ2n) is 6.98. The van der Waals surface area contributed by atoms with Crippen LogP contribution >= 0.6 is 0 Å². The first kappa shape index (κ1) is 19.7. The third-order valence-electron chi connectivity index (χ3n) is 4.98. The minimum absolute atomic E-state index is 0.0853. The molecule has 152 valence electrons. The summed E-state index contributed by atoms with van der Waals surface area (Å²) in [4.78, 5) is 4.50. The molecule has 0 spiro atoms. The van der Waals surface area contributed by atoms with Gasteiger partial charge in [0.05, 0.1) is 6.61 Å². The molecule has 2 heterocycles. The highest BCUT2D eigenvalue weighted by Gasteiger charge is 2.12. The molecule has 0 radical (unpaired) electrons. The molecule has 0 atom stereocenters. The highest BCUT2D eigenvalue weighted by atomic mass is 16.5. The van der Waals surface area contributed by atoms with Crippen LogP contribution in [-0.2, 0) is 19.6 Å². The smallest absolute Gasteiger partial charge is 0.180 e. The van der Waals surface area contributed by atoms with Crippen LogP contribution in [0.15, 0.2) is 54.6 Å². The van der Waals surface area contributed by atoms with E-state index in [1.54, 1.807) is 0 Å². The van der Waals surface area contributed by atoms with Crippen LogP contribution in [0.3, 0.4) is 0 Å². The lowest BCUT2D eigenvalue weighted by molar-refractivity contribution is 0.256. The first-order valence-electron chi connectivity index (χ1n) is 9.85. The molecule has 0 bridgehead atoms. The summed E-state index contributed by atoms with van der Waals surface area (Å²) < 4.78 is 6.03. The molecular formula is C23H23N5O2. The number of benzene rings is 2. The summed E-state index contributed by atoms with van der Waals surface area (Å²) in [5.41, 5.74) is 6.61. The number of aryl methyl sites for hydroxylation is 2. The first-order valence-corrected chi connectivity index (χ1v) is 9.85. The second kappa shape index (κ2) is 8.84. The number of hydrogen-bond acceptors (Lipinski definition) is 6. The van der Waals surface area contributed by atoms with Gasteiger partial charge in [-0.05, 0) is 40.5 Å². The Labute approximate surface area is 174 Å². The van der Waals surface area contributed by atoms with Gasteiger partial charge in [0, 0.05) is 28.6 Å². The van der Waals surface area contributed by atoms with Crippen molar-refractivity contribution in [2.75, 3.05) is 0 Å². The number of pyridine rings is 1. The molecule has 0 fully saturated rings. The van der Waals surface area contributed by atoms with Crippen molar-refractivity contribution in [1.82, 2.24) is 25.6 Å². The zero-order valence-corrected chi connectivity index (χ0v) is 17.0. The van der Waals surface area contributed by atoms with Crippen LogP contribution in [0.2, 0.25) is 0 Å². The Kier molecular flexibility index (Phi) is 5.81. The number of aliphatic hydroxyl groups is 1. The maximum atomic E-state index is 9.75. The molecule has 4 aromatic rings. The van der Waals surface area contributed by atoms with Crippen molar-refractivity contribution >= 4 is 0 Å². The van der Waals surface area contributed by atoms with E-state index in [2.05, 4.69) is 37.7 Å². The molecule has 0 aliphatic rings. The van der Waals surface area contributed by atoms with Crippen LogP contribution in [0.5, 0.6) is 5.75 Å². The molecule has 0 aliphatic heterocycles. The number of tetrazole rings is 1. The van der Waals surface area contributed by atoms with Gasteiger partial charge in [-0.2, -0.15) is 0 Å². The van der Waals surface area contributed by atoms with Gasteiger partial charge < -0.3 is 9.84 Å². The number of nitrogens with zero attached hydrogens (tertiary/aromatic N) is 4. The van der Waals surface area contributed by atoms with E-state index >= 15 is 0 Å². The topological polar surface area (TPSA) is 96.8 Å². The molecule has 0 unspecified atom stereocenters. The van der Waals surface area contributed by atoms with E-state index in [-0.39, 0.29) is 6.61 Å². The van der Waals surface area contributed by atoms with Crippen molar-refractivity contribution in [1.29, 1.82) is 0 Å². The third-order valence-corrected chi connectivity index (χ3v) is 4.98. The normalized spacial score (nSPS) is 10.9. The lowest BCUT2D eigenvalue weighted by atomic mass is 9.98. The predicted octanol–water partition coefficient (Wildman–Crippen LogP) is 3.87. The summed E-state index contributed by atoms with van der Waals surface area (Å²) in [5, 5.41) is 23.9. The minimum Gasteiger partial charge on any atom is -0.488 e. The molecule has 0 amide bonds. The molecule has 7 heteroatoms. The van der Waals surface area contributed by atoms with Crippen molar-refractivity contribution < 1.29 is 9.84 Å². The van der Waals surface area contributed by atoms with Gasteiger partial charge in [0.1, 0.15) is 12.4 Å². The molecule has 30 heavy (non-hydrogen) atoms. The monoisotopic (exact) mass is 401 g/mol. The van der Waals surface area contributed by atoms with Crippen molar-refractivity contribution in [3.8, 4) is 28.3 Å². The molecule has 4 rings (SSSR count). The highest BCUT2D eigenvalue weighted by molar-refractivity contribution is 5.80. The number of aliphatic hydroxyl groups excluding tert-OH is 1. The Morgan fingerprint density at radius 2 is 1.80 bits per heavy atom. The van der Waals surface area contributed by atoms with E-state index in [0.29, 0.717) is 18.2 Å². The fourth-order valence-corrected chi connectivity index (χ4v) is 3.48. The van der Waals surface area contributed by atoms with Crippen molar-refractivity contribution in [3.63, 3.8) is 0 Å². The Morgan fingerprint density at radius 1 is 1.03 bits per heavy atom. The largest absolute Gasteiger partial charge is 0.488 e. The molecule has 2 aromatic carbocycles. The van der Waals surface area contributed by atoms with Crippen LogP contribution in [0, 0.1) is 6.92 Å². The van der Waals surface area contributed by atoms with Crippen LogP contribution in [0.25, 0.3) is 22.5 Å². The Balaban J connectivity index is 1.55. The van der Waals surface area contributed by atoms with E-state index in [9.17, 15) is 5.11 Å². The number of nitrogens with one attached hydrogen (secondary N) is 1. The Bertz CT molecular complexity index is 1130. The molecule has 7 nitrogen and oxygen atoms in total. The van der Waals surface area contributed by atoms with Crippen LogP contribution in [0.1, 0.15) is 29.4 Å². The Hall–Kier alpha value is -3.58. The zero-order valence-electron chi connectivity index (χ0n) is 17.0. The summed E-state index contributed by atoms with van der Waals surface area (Å²) in [7, 11) is 0. The molecular weight excluding hydrogens is 378 g/mol. The van der Waals surface area contributed by atoms with Gasteiger partial charge in [-0.15, -0.1) is 5.10 Å². The predicted molar refractivity (Wildman–Crippen MR) is 114 cm³/mol. The van der Waals surface area contributed by atoms with Crippen LogP contribution < -0.4 is 4.74 Å². The van der Waals surface area contributed by atoms with E-state index in [1.807, 2.05) is 56.3 Å². The van der Waals surface area contributed by atoms with E-state index in [4.69, 9.17) is 4.74 Å². The SMILES string of the molecule is CCc1nc(C)cc(OCc2ccc(-c3ccccc3-c3nnn[nH]3)cc2)c1CO. The first-order chi connectivity index (χ1) is 14.7. The maximum Gasteiger partial charge on any atom is 0.180 e. The number of rotatable bonds is 7. The minimum atomic E-state index is -0.0853. The van der Waals surface area contributed by atoms with Gasteiger partial charge in [0.2, 0.25) is 0 Å². The molecule has 0 aliphatic carbocycles. The summed E-state index contributed by atoms with van der Waals surface area (Å²) in [5.74, 6) is 1.32. The summed E-state index contributed by atoms with van der Waals surface area (Å²) in [6, 6.07) is 18.1. The molecule has 2 aromatic heterocycles. The highest BCUT2D eigenvalue weighted by Crippen LogP contribution is 2.30. The zero-order chi connectivity index (χ0) is 20.9. The van der Waals surface area contributed by atoms with Gasteiger partial charge in [0.15, 0.2) is 5.82 Å². The molecule has 0 saturated carbocycles. The summed E-state index contributed by atoms with van der Waals surface area (Å²) in [6.07, 6.45) is 0.753. The van der Waals surface area contributed by atoms with E-state index in [0.717, 1.165) is 45.6 Å². The number of aromatic amines is 1. The van der Waals surface area contributed by atoms with Gasteiger partial charge >= 0.3 is 0 Å². The lowest BCUT2D eigenvalue weighted by Crippen LogP contribution is -2.05. The fourth-order valence-electron chi connectivity index (χ4n) is 3.48. The standard InChI is InChI=1S/C23H23N5O2/c1-3-21-20(13-29)22(12-15(2)24-21)30-14-16-8-10-17(11-9-16)18-6-4-5-7-19(18)23-25-27-28-26-23/h4-12,29H,3,13-14H2,1-2H3,(H,25,26,27,28). The fraction of sp³-hybridized carbons (Fsp3) is 0.217. The van der Waals surface area contributed by atoms with Gasteiger partial charge in [-0.3, -0.25) is 4.98 Å². The Morgan fingerprint density at radius 3 is 2.47 bits per heavy atom. The average molecular weight is 401 g/mol. The molecule has 0 saturated heterocycles. The van der Waals surface area contributed by atoms with E-state index in [1.165, 1.54) is 0 Å². The van der Waals surface area contributed by atoms with Crippen molar-refractivity contribution in [2.24, 2.45) is 0 Å². The lowest BCUT2D eigenvalue weighted by Gasteiger charge is -2.14. The number of aromatic nitrogens is 5. The summed E-state index contributed by atoms with van der Waals surface area (Å²) in [6.45, 7) is 4.28. The van der Waals surface area contributed by atoms with Gasteiger partial charge in [0.25, 0.3) is 0 Å². The average Bonchev–Trinajstić information content (AvgIpc) is 3.32. The third kappa shape index (κ3) is 4.06. The van der Waals surface area contributed by atoms with Crippen molar-refractivity contribution in [3.05, 3.63) is 77.1 Å². The molecule has 2 N–H and O–H groups in total. The van der Waals surface area contributed by atoms with Crippen LogP contribution in [-0.4, -0.2) is 30.7 Å². The van der Waals surface area contributed by atoms with Gasteiger partial charge in [-0.1, -0.05) is 55.5 Å². The van der Waals surface area contributed by atoms with E-state index < -0.39 is 0 Å². The van der Waals surface area contributed by atoms with Crippen LogP contribution in [0.4, 0.5) is 0 Å². The number of H-pyrrole nitrogens is 1. The summed E-state index contributed by atoms with van der Waals surface area (Å²) >= 11 is 0. The number of ether oxygens (including phenoxy) is 1.